The van der Waals surface area contributed by atoms with E-state index >= 15 is 0 Å². The number of benzene rings is 2. The molecule has 152 valence electrons. The molecule has 0 aromatic heterocycles. The van der Waals surface area contributed by atoms with Crippen LogP contribution < -0.4 is 5.32 Å². The predicted octanol–water partition coefficient (Wildman–Crippen LogP) is 4.80. The van der Waals surface area contributed by atoms with Crippen LogP contribution in [0.4, 0.5) is 0 Å². The van der Waals surface area contributed by atoms with E-state index in [-0.39, 0.29) is 23.9 Å². The van der Waals surface area contributed by atoms with E-state index in [1.165, 1.54) is 11.1 Å². The number of nitrogens with one attached hydrogen (secondary N) is 1. The molecule has 1 N–H and O–H groups in total. The number of nitrogens with zero attached hydrogens (tertiary/aromatic N) is 1. The fourth-order valence-corrected chi connectivity index (χ4v) is 4.43. The minimum Gasteiger partial charge on any atom is -0.356 e. The van der Waals surface area contributed by atoms with Gasteiger partial charge in [-0.25, -0.2) is 0 Å². The van der Waals surface area contributed by atoms with Gasteiger partial charge in [0, 0.05) is 18.5 Å². The Morgan fingerprint density at radius 3 is 2.14 bits per heavy atom. The summed E-state index contributed by atoms with van der Waals surface area (Å²) in [5.41, 5.74) is 2.79. The maximum Gasteiger partial charge on any atom is 0.220 e. The summed E-state index contributed by atoms with van der Waals surface area (Å²) in [6.07, 6.45) is 6.01. The van der Waals surface area contributed by atoms with Gasteiger partial charge in [0.25, 0.3) is 0 Å². The highest BCUT2D eigenvalue weighted by Crippen LogP contribution is 2.43. The van der Waals surface area contributed by atoms with Gasteiger partial charge in [0.15, 0.2) is 0 Å². The third kappa shape index (κ3) is 5.59. The zero-order valence-electron chi connectivity index (χ0n) is 17.1. The zero-order valence-corrected chi connectivity index (χ0v) is 17.9. The zero-order chi connectivity index (χ0) is 19.1. The SMILES string of the molecule is CN(C)C1(c2ccccc2)CCC(CC(=O)NCCc2ccccc2)CC1.Cl. The molecule has 0 spiro atoms. The van der Waals surface area contributed by atoms with E-state index < -0.39 is 0 Å². The second-order valence-corrected chi connectivity index (χ2v) is 8.03. The Morgan fingerprint density at radius 2 is 1.57 bits per heavy atom. The molecule has 1 fully saturated rings. The third-order valence-electron chi connectivity index (χ3n) is 6.15. The molecule has 0 heterocycles. The minimum atomic E-state index is 0. The molecule has 0 bridgehead atoms. The first-order chi connectivity index (χ1) is 13.1. The Bertz CT molecular complexity index is 710. The number of hydrogen-bond acceptors (Lipinski definition) is 2. The Balaban J connectivity index is 0.00000280. The van der Waals surface area contributed by atoms with Crippen molar-refractivity contribution in [3.05, 3.63) is 71.8 Å². The molecule has 0 atom stereocenters. The van der Waals surface area contributed by atoms with Crippen LogP contribution in [0.25, 0.3) is 0 Å². The van der Waals surface area contributed by atoms with Gasteiger partial charge in [0.1, 0.15) is 0 Å². The first kappa shape index (κ1) is 22.4. The molecule has 28 heavy (non-hydrogen) atoms. The molecular formula is C24H33ClN2O. The standard InChI is InChI=1S/C24H32N2O.ClH/c1-26(2)24(22-11-7-4-8-12-22)16-13-21(14-17-24)19-23(27)25-18-15-20-9-5-3-6-10-20;/h3-12,21H,13-19H2,1-2H3,(H,25,27);1H. The van der Waals surface area contributed by atoms with Gasteiger partial charge in [0.05, 0.1) is 0 Å². The molecule has 1 amide bonds. The fraction of sp³-hybridized carbons (Fsp3) is 0.458. The van der Waals surface area contributed by atoms with Crippen molar-refractivity contribution in [2.75, 3.05) is 20.6 Å². The number of halogens is 1. The van der Waals surface area contributed by atoms with E-state index in [1.807, 2.05) is 18.2 Å². The number of carbonyl (C=O) groups excluding carboxylic acids is 1. The normalized spacial score (nSPS) is 21.8. The van der Waals surface area contributed by atoms with E-state index in [0.717, 1.165) is 38.6 Å². The lowest BCUT2D eigenvalue weighted by Crippen LogP contribution is -2.44. The van der Waals surface area contributed by atoms with Crippen LogP contribution in [0, 0.1) is 5.92 Å². The van der Waals surface area contributed by atoms with Crippen molar-refractivity contribution in [3.8, 4) is 0 Å². The van der Waals surface area contributed by atoms with Crippen molar-refractivity contribution in [1.29, 1.82) is 0 Å². The number of rotatable bonds is 7. The lowest BCUT2D eigenvalue weighted by molar-refractivity contribution is -0.122. The minimum absolute atomic E-state index is 0. The van der Waals surface area contributed by atoms with Gasteiger partial charge in [-0.1, -0.05) is 60.7 Å². The Labute approximate surface area is 175 Å². The van der Waals surface area contributed by atoms with Crippen LogP contribution in [0.5, 0.6) is 0 Å². The number of amides is 1. The summed E-state index contributed by atoms with van der Waals surface area (Å²) in [4.78, 5) is 14.7. The van der Waals surface area contributed by atoms with Crippen LogP contribution in [-0.4, -0.2) is 31.4 Å². The highest BCUT2D eigenvalue weighted by atomic mass is 35.5. The number of hydrogen-bond donors (Lipinski definition) is 1. The van der Waals surface area contributed by atoms with Gasteiger partial charge in [0.2, 0.25) is 5.91 Å². The van der Waals surface area contributed by atoms with Gasteiger partial charge < -0.3 is 5.32 Å². The van der Waals surface area contributed by atoms with Gasteiger partial charge in [-0.15, -0.1) is 12.4 Å². The Morgan fingerprint density at radius 1 is 1.00 bits per heavy atom. The largest absolute Gasteiger partial charge is 0.356 e. The molecule has 1 saturated carbocycles. The van der Waals surface area contributed by atoms with E-state index in [4.69, 9.17) is 0 Å². The van der Waals surface area contributed by atoms with E-state index in [2.05, 4.69) is 66.8 Å². The summed E-state index contributed by atoms with van der Waals surface area (Å²) >= 11 is 0. The van der Waals surface area contributed by atoms with Crippen molar-refractivity contribution in [3.63, 3.8) is 0 Å². The molecule has 3 rings (SSSR count). The van der Waals surface area contributed by atoms with Crippen molar-refractivity contribution in [2.45, 2.75) is 44.1 Å². The highest BCUT2D eigenvalue weighted by molar-refractivity contribution is 5.85. The molecule has 0 radical (unpaired) electrons. The van der Waals surface area contributed by atoms with Crippen molar-refractivity contribution in [1.82, 2.24) is 10.2 Å². The molecule has 3 nitrogen and oxygen atoms in total. The van der Waals surface area contributed by atoms with E-state index in [1.54, 1.807) is 0 Å². The monoisotopic (exact) mass is 400 g/mol. The summed E-state index contributed by atoms with van der Waals surface area (Å²) in [6.45, 7) is 0.723. The summed E-state index contributed by atoms with van der Waals surface area (Å²) in [7, 11) is 4.37. The van der Waals surface area contributed by atoms with Gasteiger partial charge >= 0.3 is 0 Å². The molecule has 1 aliphatic carbocycles. The number of carbonyl (C=O) groups is 1. The van der Waals surface area contributed by atoms with Crippen LogP contribution in [0.1, 0.15) is 43.2 Å². The molecule has 4 heteroatoms. The van der Waals surface area contributed by atoms with E-state index in [0.29, 0.717) is 12.3 Å². The lowest BCUT2D eigenvalue weighted by atomic mass is 9.71. The maximum absolute atomic E-state index is 12.3. The molecule has 1 aliphatic rings. The van der Waals surface area contributed by atoms with E-state index in [9.17, 15) is 4.79 Å². The molecule has 0 saturated heterocycles. The average molecular weight is 401 g/mol. The van der Waals surface area contributed by atoms with Crippen LogP contribution in [0.2, 0.25) is 0 Å². The molecule has 2 aromatic carbocycles. The highest BCUT2D eigenvalue weighted by Gasteiger charge is 2.38. The first-order valence-electron chi connectivity index (χ1n) is 10.1. The van der Waals surface area contributed by atoms with Crippen LogP contribution >= 0.6 is 12.4 Å². The second kappa shape index (κ2) is 10.6. The third-order valence-corrected chi connectivity index (χ3v) is 6.15. The summed E-state index contributed by atoms with van der Waals surface area (Å²) in [5.74, 6) is 0.700. The summed E-state index contributed by atoms with van der Waals surface area (Å²) in [6, 6.07) is 21.2. The summed E-state index contributed by atoms with van der Waals surface area (Å²) in [5, 5.41) is 3.10. The molecule has 0 aliphatic heterocycles. The lowest BCUT2D eigenvalue weighted by Gasteiger charge is -2.45. The van der Waals surface area contributed by atoms with Crippen molar-refractivity contribution < 1.29 is 4.79 Å². The van der Waals surface area contributed by atoms with Crippen LogP contribution in [-0.2, 0) is 16.8 Å². The predicted molar refractivity (Wildman–Crippen MR) is 119 cm³/mol. The van der Waals surface area contributed by atoms with Gasteiger partial charge in [-0.3, -0.25) is 9.69 Å². The molecule has 2 aromatic rings. The van der Waals surface area contributed by atoms with Gasteiger partial charge in [-0.2, -0.15) is 0 Å². The quantitative estimate of drug-likeness (QED) is 0.723. The van der Waals surface area contributed by atoms with Crippen LogP contribution in [0.15, 0.2) is 60.7 Å². The van der Waals surface area contributed by atoms with Crippen molar-refractivity contribution in [2.24, 2.45) is 5.92 Å². The smallest absolute Gasteiger partial charge is 0.220 e. The van der Waals surface area contributed by atoms with Crippen molar-refractivity contribution >= 4 is 18.3 Å². The fourth-order valence-electron chi connectivity index (χ4n) is 4.43. The van der Waals surface area contributed by atoms with Crippen LogP contribution in [0.3, 0.4) is 0 Å². The topological polar surface area (TPSA) is 32.3 Å². The maximum atomic E-state index is 12.3. The Hall–Kier alpha value is -1.84. The van der Waals surface area contributed by atoms with Gasteiger partial charge in [-0.05, 0) is 63.2 Å². The first-order valence-corrected chi connectivity index (χ1v) is 10.1. The average Bonchev–Trinajstić information content (AvgIpc) is 2.70. The molecule has 0 unspecified atom stereocenters. The Kier molecular flexibility index (Phi) is 8.53. The molecular weight excluding hydrogens is 368 g/mol. The summed E-state index contributed by atoms with van der Waals surface area (Å²) < 4.78 is 0. The second-order valence-electron chi connectivity index (χ2n) is 8.03.